The number of halogens is 2. The molecule has 0 fully saturated rings. The van der Waals surface area contributed by atoms with Gasteiger partial charge in [0.2, 0.25) is 0 Å². The Morgan fingerprint density at radius 2 is 2.05 bits per heavy atom. The summed E-state index contributed by atoms with van der Waals surface area (Å²) in [6.07, 6.45) is 0. The molecule has 0 radical (unpaired) electrons. The molecule has 0 aliphatic carbocycles. The van der Waals surface area contributed by atoms with Gasteiger partial charge in [0.05, 0.1) is 5.56 Å². The minimum absolute atomic E-state index is 0.216. The number of nitrogens with two attached hydrogens (primary N) is 1. The SMILES string of the molecule is NC(=S)c1ccc(Cl)cc1OCc1cccc(F)c1. The molecule has 98 valence electrons. The molecule has 0 atom stereocenters. The van der Waals surface area contributed by atoms with E-state index in [0.717, 1.165) is 0 Å². The molecule has 2 aromatic rings. The highest BCUT2D eigenvalue weighted by Gasteiger charge is 2.08. The third-order valence-corrected chi connectivity index (χ3v) is 2.95. The number of hydrogen-bond donors (Lipinski definition) is 1. The highest BCUT2D eigenvalue weighted by atomic mass is 35.5. The van der Waals surface area contributed by atoms with E-state index >= 15 is 0 Å². The average molecular weight is 296 g/mol. The first-order chi connectivity index (χ1) is 9.06. The average Bonchev–Trinajstić information content (AvgIpc) is 2.36. The number of rotatable bonds is 4. The van der Waals surface area contributed by atoms with Gasteiger partial charge in [-0.05, 0) is 35.9 Å². The van der Waals surface area contributed by atoms with E-state index in [1.807, 2.05) is 0 Å². The summed E-state index contributed by atoms with van der Waals surface area (Å²) in [5.41, 5.74) is 6.93. The minimum Gasteiger partial charge on any atom is -0.488 e. The minimum atomic E-state index is -0.304. The molecule has 0 heterocycles. The van der Waals surface area contributed by atoms with Crippen molar-refractivity contribution in [2.24, 2.45) is 5.73 Å². The van der Waals surface area contributed by atoms with Crippen molar-refractivity contribution in [2.75, 3.05) is 0 Å². The molecule has 2 aromatic carbocycles. The van der Waals surface area contributed by atoms with Crippen molar-refractivity contribution in [3.8, 4) is 5.75 Å². The van der Waals surface area contributed by atoms with Crippen LogP contribution in [0.3, 0.4) is 0 Å². The second-order valence-corrected chi connectivity index (χ2v) is 4.80. The van der Waals surface area contributed by atoms with Crippen LogP contribution in [0.2, 0.25) is 5.02 Å². The van der Waals surface area contributed by atoms with E-state index in [4.69, 9.17) is 34.3 Å². The van der Waals surface area contributed by atoms with Crippen LogP contribution in [0, 0.1) is 5.82 Å². The van der Waals surface area contributed by atoms with Gasteiger partial charge in [-0.1, -0.05) is 36.0 Å². The van der Waals surface area contributed by atoms with Crippen molar-refractivity contribution < 1.29 is 9.13 Å². The molecule has 0 spiro atoms. The Bertz CT molecular complexity index is 618. The molecule has 2 rings (SSSR count). The van der Waals surface area contributed by atoms with Gasteiger partial charge >= 0.3 is 0 Å². The Kier molecular flexibility index (Phi) is 4.35. The Balaban J connectivity index is 2.19. The Morgan fingerprint density at radius 1 is 1.26 bits per heavy atom. The summed E-state index contributed by atoms with van der Waals surface area (Å²) < 4.78 is 18.6. The maximum absolute atomic E-state index is 13.0. The second kappa shape index (κ2) is 5.99. The second-order valence-electron chi connectivity index (χ2n) is 3.92. The van der Waals surface area contributed by atoms with Gasteiger partial charge in [-0.3, -0.25) is 0 Å². The fourth-order valence-electron chi connectivity index (χ4n) is 1.61. The van der Waals surface area contributed by atoms with Crippen molar-refractivity contribution in [1.82, 2.24) is 0 Å². The fraction of sp³-hybridized carbons (Fsp3) is 0.0714. The summed E-state index contributed by atoms with van der Waals surface area (Å²) in [5, 5.41) is 0.522. The van der Waals surface area contributed by atoms with Gasteiger partial charge in [0.15, 0.2) is 0 Å². The molecular formula is C14H11ClFNOS. The molecule has 0 aromatic heterocycles. The van der Waals surface area contributed by atoms with Gasteiger partial charge in [-0.2, -0.15) is 0 Å². The fourth-order valence-corrected chi connectivity index (χ4v) is 1.94. The zero-order chi connectivity index (χ0) is 13.8. The van der Waals surface area contributed by atoms with Crippen LogP contribution in [0.5, 0.6) is 5.75 Å². The van der Waals surface area contributed by atoms with Gasteiger partial charge in [-0.25, -0.2) is 4.39 Å². The predicted molar refractivity (Wildman–Crippen MR) is 78.1 cm³/mol. The number of benzene rings is 2. The molecular weight excluding hydrogens is 285 g/mol. The molecule has 19 heavy (non-hydrogen) atoms. The van der Waals surface area contributed by atoms with Crippen LogP contribution in [0.25, 0.3) is 0 Å². The Labute approximate surface area is 120 Å². The molecule has 0 saturated heterocycles. The molecule has 0 amide bonds. The van der Waals surface area contributed by atoms with E-state index in [0.29, 0.717) is 21.9 Å². The monoisotopic (exact) mass is 295 g/mol. The number of ether oxygens (including phenoxy) is 1. The van der Waals surface area contributed by atoms with Crippen LogP contribution in [-0.2, 0) is 6.61 Å². The lowest BCUT2D eigenvalue weighted by atomic mass is 10.2. The van der Waals surface area contributed by atoms with Crippen LogP contribution in [0.4, 0.5) is 4.39 Å². The standard InChI is InChI=1S/C14H11ClFNOS/c15-10-4-5-12(14(17)19)13(7-10)18-8-9-2-1-3-11(16)6-9/h1-7H,8H2,(H2,17,19). The summed E-state index contributed by atoms with van der Waals surface area (Å²) in [7, 11) is 0. The quantitative estimate of drug-likeness (QED) is 0.874. The first-order valence-electron chi connectivity index (χ1n) is 5.53. The van der Waals surface area contributed by atoms with Gasteiger partial charge in [0, 0.05) is 5.02 Å². The summed E-state index contributed by atoms with van der Waals surface area (Å²) >= 11 is 10.8. The van der Waals surface area contributed by atoms with E-state index < -0.39 is 0 Å². The third-order valence-electron chi connectivity index (χ3n) is 2.49. The molecule has 0 saturated carbocycles. The summed E-state index contributed by atoms with van der Waals surface area (Å²) in [4.78, 5) is 0.228. The first kappa shape index (κ1) is 13.8. The van der Waals surface area contributed by atoms with E-state index in [1.54, 1.807) is 30.3 Å². The van der Waals surface area contributed by atoms with Crippen molar-refractivity contribution >= 4 is 28.8 Å². The van der Waals surface area contributed by atoms with Gasteiger partial charge < -0.3 is 10.5 Å². The highest BCUT2D eigenvalue weighted by Crippen LogP contribution is 2.24. The van der Waals surface area contributed by atoms with Gasteiger partial charge in [-0.15, -0.1) is 0 Å². The van der Waals surface area contributed by atoms with E-state index in [2.05, 4.69) is 0 Å². The molecule has 0 aliphatic heterocycles. The highest BCUT2D eigenvalue weighted by molar-refractivity contribution is 7.80. The number of hydrogen-bond acceptors (Lipinski definition) is 2. The molecule has 0 aliphatic rings. The zero-order valence-electron chi connectivity index (χ0n) is 9.90. The predicted octanol–water partition coefficient (Wildman–Crippen LogP) is 3.69. The van der Waals surface area contributed by atoms with E-state index in [-0.39, 0.29) is 17.4 Å². The topological polar surface area (TPSA) is 35.2 Å². The van der Waals surface area contributed by atoms with Crippen molar-refractivity contribution in [2.45, 2.75) is 6.61 Å². The number of thiocarbonyl (C=S) groups is 1. The first-order valence-corrected chi connectivity index (χ1v) is 6.31. The van der Waals surface area contributed by atoms with Gasteiger partial charge in [0.25, 0.3) is 0 Å². The lowest BCUT2D eigenvalue weighted by Crippen LogP contribution is -2.11. The molecule has 5 heteroatoms. The lowest BCUT2D eigenvalue weighted by Gasteiger charge is -2.11. The molecule has 0 bridgehead atoms. The van der Waals surface area contributed by atoms with Crippen molar-refractivity contribution in [3.05, 3.63) is 64.4 Å². The van der Waals surface area contributed by atoms with Crippen LogP contribution >= 0.6 is 23.8 Å². The smallest absolute Gasteiger partial charge is 0.131 e. The van der Waals surface area contributed by atoms with Crippen LogP contribution in [0.1, 0.15) is 11.1 Å². The van der Waals surface area contributed by atoms with Gasteiger partial charge in [0.1, 0.15) is 23.2 Å². The largest absolute Gasteiger partial charge is 0.488 e. The Morgan fingerprint density at radius 3 is 2.74 bits per heavy atom. The maximum atomic E-state index is 13.0. The summed E-state index contributed by atoms with van der Waals surface area (Å²) in [6, 6.07) is 11.2. The molecule has 0 unspecified atom stereocenters. The molecule has 2 N–H and O–H groups in total. The van der Waals surface area contributed by atoms with E-state index in [9.17, 15) is 4.39 Å². The molecule has 2 nitrogen and oxygen atoms in total. The van der Waals surface area contributed by atoms with Crippen LogP contribution in [-0.4, -0.2) is 4.99 Å². The Hall–Kier alpha value is -1.65. The van der Waals surface area contributed by atoms with Crippen LogP contribution < -0.4 is 10.5 Å². The van der Waals surface area contributed by atoms with E-state index in [1.165, 1.54) is 12.1 Å². The summed E-state index contributed by atoms with van der Waals surface area (Å²) in [6.45, 7) is 0.216. The van der Waals surface area contributed by atoms with Crippen LogP contribution in [0.15, 0.2) is 42.5 Å². The van der Waals surface area contributed by atoms with Crippen molar-refractivity contribution in [1.29, 1.82) is 0 Å². The normalized spacial score (nSPS) is 10.2. The third kappa shape index (κ3) is 3.66. The lowest BCUT2D eigenvalue weighted by molar-refractivity contribution is 0.305. The maximum Gasteiger partial charge on any atom is 0.131 e. The zero-order valence-corrected chi connectivity index (χ0v) is 11.5. The van der Waals surface area contributed by atoms with Crippen molar-refractivity contribution in [3.63, 3.8) is 0 Å². The summed E-state index contributed by atoms with van der Waals surface area (Å²) in [5.74, 6) is 0.186.